The van der Waals surface area contributed by atoms with Crippen molar-refractivity contribution >= 4 is 0 Å². The molecule has 0 aromatic carbocycles. The van der Waals surface area contributed by atoms with Crippen molar-refractivity contribution in [2.45, 2.75) is 37.3 Å². The first-order valence-electron chi connectivity index (χ1n) is 6.35. The Hall–Kier alpha value is -0.160. The Morgan fingerprint density at radius 3 is 2.88 bits per heavy atom. The molecule has 2 aliphatic rings. The smallest absolute Gasteiger partial charge is 0.0935 e. The van der Waals surface area contributed by atoms with Crippen LogP contribution in [0.3, 0.4) is 0 Å². The highest BCUT2D eigenvalue weighted by Crippen LogP contribution is 2.27. The van der Waals surface area contributed by atoms with Gasteiger partial charge < -0.3 is 20.1 Å². The molecule has 1 aliphatic heterocycles. The third kappa shape index (κ3) is 3.42. The Labute approximate surface area is 98.1 Å². The summed E-state index contributed by atoms with van der Waals surface area (Å²) in [6.45, 7) is 4.19. The lowest BCUT2D eigenvalue weighted by molar-refractivity contribution is -0.0691. The van der Waals surface area contributed by atoms with Gasteiger partial charge in [-0.1, -0.05) is 12.8 Å². The fourth-order valence-corrected chi connectivity index (χ4v) is 2.58. The third-order valence-corrected chi connectivity index (χ3v) is 3.63. The van der Waals surface area contributed by atoms with E-state index in [2.05, 4.69) is 11.9 Å². The van der Waals surface area contributed by atoms with Gasteiger partial charge in [0.25, 0.3) is 0 Å². The van der Waals surface area contributed by atoms with E-state index < -0.39 is 0 Å². The Morgan fingerprint density at radius 1 is 1.44 bits per heavy atom. The summed E-state index contributed by atoms with van der Waals surface area (Å²) in [6.07, 6.45) is 4.95. The molecule has 16 heavy (non-hydrogen) atoms. The average molecular weight is 228 g/mol. The van der Waals surface area contributed by atoms with Crippen LogP contribution in [0.1, 0.15) is 25.7 Å². The van der Waals surface area contributed by atoms with Gasteiger partial charge in [-0.15, -0.1) is 0 Å². The number of morpholine rings is 1. The van der Waals surface area contributed by atoms with Gasteiger partial charge in [0.2, 0.25) is 0 Å². The van der Waals surface area contributed by atoms with Gasteiger partial charge in [0.1, 0.15) is 0 Å². The van der Waals surface area contributed by atoms with Crippen LogP contribution in [0.2, 0.25) is 0 Å². The molecule has 4 nitrogen and oxygen atoms in total. The number of hydrogen-bond donors (Lipinski definition) is 1. The predicted molar refractivity (Wildman–Crippen MR) is 63.4 cm³/mol. The van der Waals surface area contributed by atoms with Gasteiger partial charge in [-0.05, 0) is 19.9 Å². The largest absolute Gasteiger partial charge is 0.377 e. The topological polar surface area (TPSA) is 47.7 Å². The number of rotatable bonds is 4. The minimum Gasteiger partial charge on any atom is -0.377 e. The van der Waals surface area contributed by atoms with Crippen molar-refractivity contribution in [3.05, 3.63) is 0 Å². The van der Waals surface area contributed by atoms with Gasteiger partial charge in [-0.25, -0.2) is 0 Å². The summed E-state index contributed by atoms with van der Waals surface area (Å²) in [5.41, 5.74) is 6.17. The molecule has 0 bridgehead atoms. The van der Waals surface area contributed by atoms with E-state index >= 15 is 0 Å². The number of ether oxygens (including phenoxy) is 2. The van der Waals surface area contributed by atoms with Crippen molar-refractivity contribution in [1.82, 2.24) is 4.90 Å². The first-order chi connectivity index (χ1) is 7.68. The molecule has 0 aromatic rings. The highest BCUT2D eigenvalue weighted by Gasteiger charge is 2.30. The van der Waals surface area contributed by atoms with Crippen molar-refractivity contribution in [3.8, 4) is 0 Å². The fourth-order valence-electron chi connectivity index (χ4n) is 2.58. The zero-order valence-electron chi connectivity index (χ0n) is 10.3. The second-order valence-electron chi connectivity index (χ2n) is 5.34. The normalized spacial score (nSPS) is 30.8. The molecule has 1 saturated heterocycles. The lowest BCUT2D eigenvalue weighted by Crippen LogP contribution is -2.45. The number of likely N-dealkylation sites (N-methyl/N-ethyl adjacent to an activating group) is 1. The van der Waals surface area contributed by atoms with Crippen LogP contribution >= 0.6 is 0 Å². The van der Waals surface area contributed by atoms with Crippen LogP contribution in [0.15, 0.2) is 0 Å². The molecule has 1 aliphatic carbocycles. The monoisotopic (exact) mass is 228 g/mol. The number of nitrogens with zero attached hydrogens (tertiary/aromatic N) is 1. The molecule has 1 heterocycles. The van der Waals surface area contributed by atoms with Crippen molar-refractivity contribution in [2.75, 3.05) is 40.0 Å². The Kier molecular flexibility index (Phi) is 4.19. The van der Waals surface area contributed by atoms with Crippen LogP contribution in [-0.2, 0) is 9.47 Å². The summed E-state index contributed by atoms with van der Waals surface area (Å²) >= 11 is 0. The number of nitrogens with two attached hydrogens (primary N) is 1. The molecule has 0 aromatic heterocycles. The van der Waals surface area contributed by atoms with Crippen LogP contribution in [0.5, 0.6) is 0 Å². The standard InChI is InChI=1S/C12H24N2O2/c1-14-6-7-16-11(8-14)9-15-10-12(13)4-2-3-5-12/h11H,2-10,13H2,1H3. The maximum absolute atomic E-state index is 6.23. The average Bonchev–Trinajstić information content (AvgIpc) is 2.65. The van der Waals surface area contributed by atoms with Gasteiger partial charge in [0.05, 0.1) is 25.9 Å². The van der Waals surface area contributed by atoms with E-state index in [-0.39, 0.29) is 11.6 Å². The van der Waals surface area contributed by atoms with E-state index in [0.717, 1.165) is 32.5 Å². The van der Waals surface area contributed by atoms with E-state index in [0.29, 0.717) is 13.2 Å². The van der Waals surface area contributed by atoms with Gasteiger partial charge >= 0.3 is 0 Å². The van der Waals surface area contributed by atoms with E-state index in [1.165, 1.54) is 12.8 Å². The van der Waals surface area contributed by atoms with Gasteiger partial charge in [0.15, 0.2) is 0 Å². The van der Waals surface area contributed by atoms with Gasteiger partial charge in [0, 0.05) is 18.6 Å². The zero-order chi connectivity index (χ0) is 11.4. The summed E-state index contributed by atoms with van der Waals surface area (Å²) in [4.78, 5) is 2.28. The van der Waals surface area contributed by atoms with Crippen LogP contribution < -0.4 is 5.73 Å². The molecule has 94 valence electrons. The summed E-state index contributed by atoms with van der Waals surface area (Å²) in [5, 5.41) is 0. The molecule has 1 saturated carbocycles. The molecule has 0 amide bonds. The summed E-state index contributed by atoms with van der Waals surface area (Å²) in [6, 6.07) is 0. The lowest BCUT2D eigenvalue weighted by atomic mass is 10.0. The molecule has 1 atom stereocenters. The van der Waals surface area contributed by atoms with Gasteiger partial charge in [-0.3, -0.25) is 0 Å². The van der Waals surface area contributed by atoms with E-state index in [9.17, 15) is 0 Å². The summed E-state index contributed by atoms with van der Waals surface area (Å²) < 4.78 is 11.4. The molecular formula is C12H24N2O2. The molecular weight excluding hydrogens is 204 g/mol. The second kappa shape index (κ2) is 5.45. The summed E-state index contributed by atoms with van der Waals surface area (Å²) in [5.74, 6) is 0. The van der Waals surface area contributed by atoms with Crippen LogP contribution in [0.25, 0.3) is 0 Å². The van der Waals surface area contributed by atoms with Crippen LogP contribution in [-0.4, -0.2) is 56.5 Å². The third-order valence-electron chi connectivity index (χ3n) is 3.63. The van der Waals surface area contributed by atoms with Gasteiger partial charge in [-0.2, -0.15) is 0 Å². The minimum absolute atomic E-state index is 0.0550. The quantitative estimate of drug-likeness (QED) is 0.765. The molecule has 0 spiro atoms. The Bertz CT molecular complexity index is 217. The molecule has 2 fully saturated rings. The highest BCUT2D eigenvalue weighted by atomic mass is 16.5. The van der Waals surface area contributed by atoms with E-state index in [1.54, 1.807) is 0 Å². The maximum Gasteiger partial charge on any atom is 0.0935 e. The van der Waals surface area contributed by atoms with E-state index in [4.69, 9.17) is 15.2 Å². The number of hydrogen-bond acceptors (Lipinski definition) is 4. The second-order valence-corrected chi connectivity index (χ2v) is 5.34. The first kappa shape index (κ1) is 12.3. The predicted octanol–water partition coefficient (Wildman–Crippen LogP) is 0.605. The minimum atomic E-state index is -0.0550. The molecule has 2 rings (SSSR count). The van der Waals surface area contributed by atoms with Crippen molar-refractivity contribution < 1.29 is 9.47 Å². The van der Waals surface area contributed by atoms with E-state index in [1.807, 2.05) is 0 Å². The first-order valence-corrected chi connectivity index (χ1v) is 6.35. The zero-order valence-corrected chi connectivity index (χ0v) is 10.3. The van der Waals surface area contributed by atoms with Crippen LogP contribution in [0, 0.1) is 0 Å². The molecule has 1 unspecified atom stereocenters. The highest BCUT2D eigenvalue weighted by molar-refractivity contribution is 4.89. The van der Waals surface area contributed by atoms with Crippen molar-refractivity contribution in [1.29, 1.82) is 0 Å². The molecule has 0 radical (unpaired) electrons. The fraction of sp³-hybridized carbons (Fsp3) is 1.00. The molecule has 2 N–H and O–H groups in total. The van der Waals surface area contributed by atoms with Crippen LogP contribution in [0.4, 0.5) is 0 Å². The Balaban J connectivity index is 1.63. The molecule has 4 heteroatoms. The SMILES string of the molecule is CN1CCOC(COCC2(N)CCCC2)C1. The maximum atomic E-state index is 6.23. The lowest BCUT2D eigenvalue weighted by Gasteiger charge is -2.31. The van der Waals surface area contributed by atoms with Crippen molar-refractivity contribution in [3.63, 3.8) is 0 Å². The summed E-state index contributed by atoms with van der Waals surface area (Å²) in [7, 11) is 2.12. The van der Waals surface area contributed by atoms with Crippen molar-refractivity contribution in [2.24, 2.45) is 5.73 Å². The Morgan fingerprint density at radius 2 is 2.19 bits per heavy atom.